The van der Waals surface area contributed by atoms with Gasteiger partial charge in [0.2, 0.25) is 0 Å². The van der Waals surface area contributed by atoms with E-state index in [0.717, 1.165) is 12.1 Å². The van der Waals surface area contributed by atoms with Crippen LogP contribution in [0.3, 0.4) is 0 Å². The highest BCUT2D eigenvalue weighted by Crippen LogP contribution is 2.12. The van der Waals surface area contributed by atoms with E-state index in [1.54, 1.807) is 12.1 Å². The van der Waals surface area contributed by atoms with E-state index in [9.17, 15) is 4.39 Å². The van der Waals surface area contributed by atoms with Crippen molar-refractivity contribution in [1.29, 1.82) is 0 Å². The summed E-state index contributed by atoms with van der Waals surface area (Å²) < 4.78 is 14.2. The van der Waals surface area contributed by atoms with Gasteiger partial charge in [-0.05, 0) is 30.0 Å². The second kappa shape index (κ2) is 6.06. The van der Waals surface area contributed by atoms with E-state index in [0.29, 0.717) is 28.4 Å². The summed E-state index contributed by atoms with van der Waals surface area (Å²) in [7, 11) is 0. The Morgan fingerprint density at radius 1 is 1.32 bits per heavy atom. The highest BCUT2D eigenvalue weighted by atomic mass is 32.1. The van der Waals surface area contributed by atoms with Crippen molar-refractivity contribution in [2.45, 2.75) is 26.7 Å². The molecule has 4 heteroatoms. The maximum atomic E-state index is 13.6. The molecular weight excluding hydrogens is 259 g/mol. The minimum Gasteiger partial charge on any atom is -0.347 e. The molecule has 0 radical (unpaired) electrons. The van der Waals surface area contributed by atoms with Crippen LogP contribution in [0.2, 0.25) is 0 Å². The Morgan fingerprint density at radius 2 is 2.05 bits per heavy atom. The summed E-state index contributed by atoms with van der Waals surface area (Å²) in [4.78, 5) is 7.52. The van der Waals surface area contributed by atoms with Gasteiger partial charge < -0.3 is 4.98 Å². The molecule has 1 N–H and O–H groups in total. The molecular formula is C15H17FN2S. The summed E-state index contributed by atoms with van der Waals surface area (Å²) in [5.41, 5.74) is 1.68. The molecule has 19 heavy (non-hydrogen) atoms. The van der Waals surface area contributed by atoms with Crippen LogP contribution in [0.25, 0.3) is 0 Å². The Kier molecular flexibility index (Phi) is 4.43. The van der Waals surface area contributed by atoms with E-state index in [1.165, 1.54) is 6.07 Å². The number of rotatable bonds is 4. The van der Waals surface area contributed by atoms with Gasteiger partial charge in [-0.2, -0.15) is 0 Å². The van der Waals surface area contributed by atoms with Crippen LogP contribution >= 0.6 is 12.2 Å². The Bertz CT molecular complexity index is 620. The van der Waals surface area contributed by atoms with E-state index < -0.39 is 0 Å². The zero-order valence-corrected chi connectivity index (χ0v) is 11.9. The topological polar surface area (TPSA) is 28.7 Å². The predicted molar refractivity (Wildman–Crippen MR) is 77.2 cm³/mol. The standard InChI is InChI=1S/C15H17FN2S/c1-10(2)7-12-9-15(19)18-14(17-12)8-11-5-3-4-6-13(11)16/h3-6,9-10H,7-8H2,1-2H3,(H,17,18,19). The number of aromatic amines is 1. The summed E-state index contributed by atoms with van der Waals surface area (Å²) in [5, 5.41) is 0. The lowest BCUT2D eigenvalue weighted by molar-refractivity contribution is 0.609. The first kappa shape index (κ1) is 13.9. The van der Waals surface area contributed by atoms with Gasteiger partial charge in [0.1, 0.15) is 16.3 Å². The SMILES string of the molecule is CC(C)Cc1cc(=S)nc(Cc2ccccc2F)[nH]1. The molecule has 0 aliphatic rings. The normalized spacial score (nSPS) is 10.9. The van der Waals surface area contributed by atoms with Crippen molar-refractivity contribution in [3.8, 4) is 0 Å². The molecule has 0 spiro atoms. The van der Waals surface area contributed by atoms with Crippen LogP contribution < -0.4 is 0 Å². The van der Waals surface area contributed by atoms with Gasteiger partial charge in [0, 0.05) is 12.1 Å². The number of nitrogens with one attached hydrogen (secondary N) is 1. The van der Waals surface area contributed by atoms with Crippen LogP contribution in [-0.2, 0) is 12.8 Å². The molecule has 0 amide bonds. The van der Waals surface area contributed by atoms with Crippen LogP contribution in [0.5, 0.6) is 0 Å². The molecule has 2 rings (SSSR count). The predicted octanol–water partition coefficient (Wildman–Crippen LogP) is 4.07. The van der Waals surface area contributed by atoms with Gasteiger partial charge in [0.15, 0.2) is 0 Å². The average molecular weight is 276 g/mol. The smallest absolute Gasteiger partial charge is 0.130 e. The lowest BCUT2D eigenvalue weighted by Crippen LogP contribution is -2.04. The summed E-state index contributed by atoms with van der Waals surface area (Å²) in [6.07, 6.45) is 1.35. The third-order valence-electron chi connectivity index (χ3n) is 2.79. The molecule has 100 valence electrons. The maximum absolute atomic E-state index is 13.6. The van der Waals surface area contributed by atoms with Crippen LogP contribution in [0, 0.1) is 16.4 Å². The number of halogens is 1. The van der Waals surface area contributed by atoms with Gasteiger partial charge >= 0.3 is 0 Å². The molecule has 0 bridgehead atoms. The minimum atomic E-state index is -0.210. The monoisotopic (exact) mass is 276 g/mol. The first-order chi connectivity index (χ1) is 9.04. The fraction of sp³-hybridized carbons (Fsp3) is 0.333. The van der Waals surface area contributed by atoms with Crippen molar-refractivity contribution < 1.29 is 4.39 Å². The molecule has 1 aromatic carbocycles. The Morgan fingerprint density at radius 3 is 2.74 bits per heavy atom. The number of benzene rings is 1. The largest absolute Gasteiger partial charge is 0.347 e. The second-order valence-electron chi connectivity index (χ2n) is 5.06. The van der Waals surface area contributed by atoms with Crippen LogP contribution in [0.15, 0.2) is 30.3 Å². The average Bonchev–Trinajstić information content (AvgIpc) is 2.30. The number of H-pyrrole nitrogens is 1. The fourth-order valence-electron chi connectivity index (χ4n) is 2.02. The number of hydrogen-bond donors (Lipinski definition) is 1. The number of hydrogen-bond acceptors (Lipinski definition) is 2. The van der Waals surface area contributed by atoms with E-state index in [-0.39, 0.29) is 5.82 Å². The summed E-state index contributed by atoms with van der Waals surface area (Å²) in [6, 6.07) is 8.61. The molecule has 2 aromatic rings. The molecule has 1 heterocycles. The first-order valence-electron chi connectivity index (χ1n) is 6.37. The minimum absolute atomic E-state index is 0.210. The van der Waals surface area contributed by atoms with Crippen LogP contribution in [0.1, 0.15) is 30.9 Å². The highest BCUT2D eigenvalue weighted by Gasteiger charge is 2.06. The molecule has 0 unspecified atom stereocenters. The van der Waals surface area contributed by atoms with Gasteiger partial charge in [0.05, 0.1) is 0 Å². The van der Waals surface area contributed by atoms with Gasteiger partial charge in [0.25, 0.3) is 0 Å². The van der Waals surface area contributed by atoms with Crippen molar-refractivity contribution in [3.05, 3.63) is 57.9 Å². The fourth-order valence-corrected chi connectivity index (χ4v) is 2.27. The molecule has 0 aliphatic carbocycles. The quantitative estimate of drug-likeness (QED) is 0.853. The Balaban J connectivity index is 2.28. The lowest BCUT2D eigenvalue weighted by atomic mass is 10.1. The maximum Gasteiger partial charge on any atom is 0.130 e. The summed E-state index contributed by atoms with van der Waals surface area (Å²) in [5.74, 6) is 1.04. The molecule has 0 aliphatic heterocycles. The molecule has 0 fully saturated rings. The number of nitrogens with zero attached hydrogens (tertiary/aromatic N) is 1. The molecule has 0 saturated carbocycles. The van der Waals surface area contributed by atoms with Crippen molar-refractivity contribution in [2.75, 3.05) is 0 Å². The van der Waals surface area contributed by atoms with Gasteiger partial charge in [-0.1, -0.05) is 44.3 Å². The van der Waals surface area contributed by atoms with Crippen molar-refractivity contribution in [2.24, 2.45) is 5.92 Å². The highest BCUT2D eigenvalue weighted by molar-refractivity contribution is 7.71. The molecule has 1 aromatic heterocycles. The zero-order chi connectivity index (χ0) is 13.8. The summed E-state index contributed by atoms with van der Waals surface area (Å²) >= 11 is 5.16. The molecule has 0 atom stereocenters. The van der Waals surface area contributed by atoms with Crippen molar-refractivity contribution in [3.63, 3.8) is 0 Å². The zero-order valence-electron chi connectivity index (χ0n) is 11.1. The third kappa shape index (κ3) is 3.96. The number of aromatic nitrogens is 2. The summed E-state index contributed by atoms with van der Waals surface area (Å²) in [6.45, 7) is 4.29. The van der Waals surface area contributed by atoms with Crippen molar-refractivity contribution in [1.82, 2.24) is 9.97 Å². The van der Waals surface area contributed by atoms with E-state index in [2.05, 4.69) is 23.8 Å². The van der Waals surface area contributed by atoms with E-state index in [1.807, 2.05) is 12.1 Å². The van der Waals surface area contributed by atoms with E-state index >= 15 is 0 Å². The van der Waals surface area contributed by atoms with Gasteiger partial charge in [-0.15, -0.1) is 0 Å². The van der Waals surface area contributed by atoms with Crippen molar-refractivity contribution >= 4 is 12.2 Å². The Labute approximate surface area is 117 Å². The van der Waals surface area contributed by atoms with Crippen LogP contribution in [-0.4, -0.2) is 9.97 Å². The first-order valence-corrected chi connectivity index (χ1v) is 6.78. The van der Waals surface area contributed by atoms with Gasteiger partial charge in [-0.25, -0.2) is 9.37 Å². The van der Waals surface area contributed by atoms with Crippen LogP contribution in [0.4, 0.5) is 4.39 Å². The Hall–Kier alpha value is -1.55. The molecule has 0 saturated heterocycles. The lowest BCUT2D eigenvalue weighted by Gasteiger charge is -2.08. The molecule has 2 nitrogen and oxygen atoms in total. The second-order valence-corrected chi connectivity index (χ2v) is 5.48. The van der Waals surface area contributed by atoms with Gasteiger partial charge in [-0.3, -0.25) is 0 Å². The van der Waals surface area contributed by atoms with E-state index in [4.69, 9.17) is 12.2 Å². The third-order valence-corrected chi connectivity index (χ3v) is 3.00.